The van der Waals surface area contributed by atoms with Crippen LogP contribution in [0.5, 0.6) is 0 Å². The van der Waals surface area contributed by atoms with Crippen LogP contribution in [0.4, 0.5) is 4.79 Å². The topological polar surface area (TPSA) is 29.5 Å². The monoisotopic (exact) mass is 183 g/mol. The molecule has 0 aromatic heterocycles. The maximum atomic E-state index is 11.3. The lowest BCUT2D eigenvalue weighted by atomic mass is 9.95. The molecule has 1 saturated heterocycles. The molecule has 0 aromatic rings. The Morgan fingerprint density at radius 1 is 1.69 bits per heavy atom. The van der Waals surface area contributed by atoms with Crippen molar-refractivity contribution in [1.82, 2.24) is 4.90 Å². The van der Waals surface area contributed by atoms with Crippen molar-refractivity contribution in [3.05, 3.63) is 12.8 Å². The molecule has 1 heterocycles. The van der Waals surface area contributed by atoms with Gasteiger partial charge in [0.2, 0.25) is 0 Å². The van der Waals surface area contributed by atoms with Crippen molar-refractivity contribution in [3.8, 4) is 0 Å². The maximum absolute atomic E-state index is 11.3. The van der Waals surface area contributed by atoms with Gasteiger partial charge in [0, 0.05) is 6.20 Å². The van der Waals surface area contributed by atoms with Crippen LogP contribution in [0.15, 0.2) is 12.8 Å². The highest BCUT2D eigenvalue weighted by atomic mass is 16.6. The zero-order valence-electron chi connectivity index (χ0n) is 8.38. The summed E-state index contributed by atoms with van der Waals surface area (Å²) < 4.78 is 5.36. The summed E-state index contributed by atoms with van der Waals surface area (Å²) in [4.78, 5) is 12.8. The first kappa shape index (κ1) is 10.1. The van der Waals surface area contributed by atoms with E-state index in [0.29, 0.717) is 6.54 Å². The third-order valence-electron chi connectivity index (χ3n) is 2.57. The molecular weight excluding hydrogens is 166 g/mol. The second-order valence-electron chi connectivity index (χ2n) is 3.47. The van der Waals surface area contributed by atoms with Crippen molar-refractivity contribution in [2.45, 2.75) is 38.7 Å². The Hall–Kier alpha value is -0.990. The quantitative estimate of drug-likeness (QED) is 0.670. The zero-order chi connectivity index (χ0) is 9.90. The molecule has 0 spiro atoms. The number of rotatable bonds is 4. The van der Waals surface area contributed by atoms with Gasteiger partial charge >= 0.3 is 6.09 Å². The molecule has 3 heteroatoms. The van der Waals surface area contributed by atoms with Gasteiger partial charge in [-0.15, -0.1) is 0 Å². The van der Waals surface area contributed by atoms with Crippen LogP contribution in [0.2, 0.25) is 0 Å². The lowest BCUT2D eigenvalue weighted by Crippen LogP contribution is -2.32. The standard InChI is InChI=1S/C10H17NO2/c1-4-7-10(5-2)8-11(6-3)9(12)13-10/h6H,3-5,7-8H2,1-2H3. The van der Waals surface area contributed by atoms with Crippen molar-refractivity contribution < 1.29 is 9.53 Å². The Labute approximate surface area is 79.4 Å². The SMILES string of the molecule is C=CN1CC(CC)(CCC)OC1=O. The molecule has 0 bridgehead atoms. The molecule has 0 aliphatic carbocycles. The van der Waals surface area contributed by atoms with Crippen LogP contribution >= 0.6 is 0 Å². The molecule has 1 atom stereocenters. The first-order chi connectivity index (χ1) is 6.17. The third kappa shape index (κ3) is 1.85. The van der Waals surface area contributed by atoms with Crippen LogP contribution in [0.25, 0.3) is 0 Å². The van der Waals surface area contributed by atoms with E-state index in [0.717, 1.165) is 19.3 Å². The molecule has 74 valence electrons. The van der Waals surface area contributed by atoms with Gasteiger partial charge in [-0.3, -0.25) is 4.90 Å². The minimum absolute atomic E-state index is 0.259. The summed E-state index contributed by atoms with van der Waals surface area (Å²) in [6, 6.07) is 0. The smallest absolute Gasteiger partial charge is 0.414 e. The van der Waals surface area contributed by atoms with Crippen LogP contribution in [0.3, 0.4) is 0 Å². The largest absolute Gasteiger partial charge is 0.441 e. The molecule has 1 amide bonds. The van der Waals surface area contributed by atoms with Gasteiger partial charge < -0.3 is 4.74 Å². The highest BCUT2D eigenvalue weighted by Crippen LogP contribution is 2.30. The zero-order valence-corrected chi connectivity index (χ0v) is 8.38. The lowest BCUT2D eigenvalue weighted by Gasteiger charge is -2.24. The van der Waals surface area contributed by atoms with E-state index in [1.165, 1.54) is 6.20 Å². The number of ether oxygens (including phenoxy) is 1. The van der Waals surface area contributed by atoms with Crippen LogP contribution in [-0.2, 0) is 4.74 Å². The van der Waals surface area contributed by atoms with E-state index >= 15 is 0 Å². The average molecular weight is 183 g/mol. The molecule has 0 N–H and O–H groups in total. The van der Waals surface area contributed by atoms with Crippen LogP contribution in [-0.4, -0.2) is 23.1 Å². The second kappa shape index (κ2) is 3.81. The molecule has 1 unspecified atom stereocenters. The fourth-order valence-electron chi connectivity index (χ4n) is 1.74. The van der Waals surface area contributed by atoms with Gasteiger partial charge in [-0.1, -0.05) is 26.8 Å². The predicted octanol–water partition coefficient (Wildman–Crippen LogP) is 2.53. The molecule has 0 radical (unpaired) electrons. The Balaban J connectivity index is 2.71. The molecule has 3 nitrogen and oxygen atoms in total. The van der Waals surface area contributed by atoms with Crippen molar-refractivity contribution in [1.29, 1.82) is 0 Å². The van der Waals surface area contributed by atoms with E-state index in [2.05, 4.69) is 20.4 Å². The van der Waals surface area contributed by atoms with E-state index < -0.39 is 0 Å². The number of cyclic esters (lactones) is 1. The number of amides is 1. The Bertz CT molecular complexity index is 215. The predicted molar refractivity (Wildman–Crippen MR) is 51.3 cm³/mol. The Morgan fingerprint density at radius 2 is 2.38 bits per heavy atom. The van der Waals surface area contributed by atoms with E-state index in [1.54, 1.807) is 4.90 Å². The van der Waals surface area contributed by atoms with Crippen molar-refractivity contribution >= 4 is 6.09 Å². The summed E-state index contributed by atoms with van der Waals surface area (Å²) in [5.74, 6) is 0. The van der Waals surface area contributed by atoms with E-state index in [-0.39, 0.29) is 11.7 Å². The normalized spacial score (nSPS) is 27.5. The molecule has 1 aliphatic rings. The summed E-state index contributed by atoms with van der Waals surface area (Å²) in [6.07, 6.45) is 4.11. The average Bonchev–Trinajstić information content (AvgIpc) is 2.44. The number of hydrogen-bond donors (Lipinski definition) is 0. The molecule has 0 saturated carbocycles. The minimum Gasteiger partial charge on any atom is -0.441 e. The fraction of sp³-hybridized carbons (Fsp3) is 0.700. The Morgan fingerprint density at radius 3 is 2.77 bits per heavy atom. The number of hydrogen-bond acceptors (Lipinski definition) is 2. The fourth-order valence-corrected chi connectivity index (χ4v) is 1.74. The molecule has 1 rings (SSSR count). The van der Waals surface area contributed by atoms with Crippen molar-refractivity contribution in [3.63, 3.8) is 0 Å². The molecule has 0 aromatic carbocycles. The summed E-state index contributed by atoms with van der Waals surface area (Å²) in [5.41, 5.74) is -0.264. The van der Waals surface area contributed by atoms with Gasteiger partial charge in [0.05, 0.1) is 6.54 Å². The van der Waals surface area contributed by atoms with Gasteiger partial charge in [-0.05, 0) is 12.8 Å². The van der Waals surface area contributed by atoms with Crippen molar-refractivity contribution in [2.24, 2.45) is 0 Å². The second-order valence-corrected chi connectivity index (χ2v) is 3.47. The van der Waals surface area contributed by atoms with Crippen LogP contribution in [0, 0.1) is 0 Å². The maximum Gasteiger partial charge on any atom is 0.414 e. The number of carbonyl (C=O) groups excluding carboxylic acids is 1. The molecule has 1 aliphatic heterocycles. The summed E-state index contributed by atoms with van der Waals surface area (Å²) >= 11 is 0. The molecule has 13 heavy (non-hydrogen) atoms. The van der Waals surface area contributed by atoms with Crippen LogP contribution < -0.4 is 0 Å². The van der Waals surface area contributed by atoms with Gasteiger partial charge in [0.25, 0.3) is 0 Å². The van der Waals surface area contributed by atoms with Crippen LogP contribution in [0.1, 0.15) is 33.1 Å². The summed E-state index contributed by atoms with van der Waals surface area (Å²) in [6.45, 7) is 8.38. The van der Waals surface area contributed by atoms with Gasteiger partial charge in [0.15, 0.2) is 0 Å². The highest BCUT2D eigenvalue weighted by molar-refractivity contribution is 5.71. The Kier molecular flexibility index (Phi) is 2.96. The minimum atomic E-state index is -0.264. The summed E-state index contributed by atoms with van der Waals surface area (Å²) in [5, 5.41) is 0. The highest BCUT2D eigenvalue weighted by Gasteiger charge is 2.41. The third-order valence-corrected chi connectivity index (χ3v) is 2.57. The van der Waals surface area contributed by atoms with E-state index in [9.17, 15) is 4.79 Å². The number of carbonyl (C=O) groups is 1. The molecule has 1 fully saturated rings. The van der Waals surface area contributed by atoms with E-state index in [1.807, 2.05) is 0 Å². The van der Waals surface area contributed by atoms with Gasteiger partial charge in [-0.2, -0.15) is 0 Å². The first-order valence-corrected chi connectivity index (χ1v) is 4.79. The van der Waals surface area contributed by atoms with E-state index in [4.69, 9.17) is 4.74 Å². The lowest BCUT2D eigenvalue weighted by molar-refractivity contribution is 0.0458. The first-order valence-electron chi connectivity index (χ1n) is 4.79. The van der Waals surface area contributed by atoms with Gasteiger partial charge in [0.1, 0.15) is 5.60 Å². The summed E-state index contributed by atoms with van der Waals surface area (Å²) in [7, 11) is 0. The number of nitrogens with zero attached hydrogens (tertiary/aromatic N) is 1. The molecular formula is C10H17NO2. The van der Waals surface area contributed by atoms with Crippen molar-refractivity contribution in [2.75, 3.05) is 6.54 Å². The van der Waals surface area contributed by atoms with Gasteiger partial charge in [-0.25, -0.2) is 4.79 Å².